The maximum absolute atomic E-state index is 12.0. The number of nitrogens with one attached hydrogen (secondary N) is 2. The number of urea groups is 1. The lowest BCUT2D eigenvalue weighted by atomic mass is 9.86. The molecule has 5 heteroatoms. The molecule has 21 heavy (non-hydrogen) atoms. The third-order valence-corrected chi connectivity index (χ3v) is 3.99. The number of hydrogen-bond donors (Lipinski definition) is 2. The summed E-state index contributed by atoms with van der Waals surface area (Å²) in [7, 11) is 0. The van der Waals surface area contributed by atoms with E-state index in [1.165, 1.54) is 0 Å². The average Bonchev–Trinajstić information content (AvgIpc) is 2.82. The minimum absolute atomic E-state index is 0.0152. The summed E-state index contributed by atoms with van der Waals surface area (Å²) in [6.45, 7) is 8.84. The van der Waals surface area contributed by atoms with Crippen molar-refractivity contribution in [1.29, 1.82) is 0 Å². The first-order valence-electron chi connectivity index (χ1n) is 6.92. The van der Waals surface area contributed by atoms with Gasteiger partial charge in [-0.1, -0.05) is 39.0 Å². The van der Waals surface area contributed by atoms with Gasteiger partial charge in [-0.25, -0.2) is 9.78 Å². The Morgan fingerprint density at radius 1 is 1.29 bits per heavy atom. The molecule has 0 atom stereocenters. The highest BCUT2D eigenvalue weighted by atomic mass is 32.1. The van der Waals surface area contributed by atoms with Crippen molar-refractivity contribution < 1.29 is 4.79 Å². The van der Waals surface area contributed by atoms with Crippen LogP contribution < -0.4 is 10.6 Å². The van der Waals surface area contributed by atoms with Gasteiger partial charge in [-0.05, 0) is 24.0 Å². The molecule has 0 aliphatic heterocycles. The van der Waals surface area contributed by atoms with E-state index in [1.807, 2.05) is 31.2 Å². The number of carbonyl (C=O) groups excluding carboxylic acids is 1. The second-order valence-electron chi connectivity index (χ2n) is 5.95. The number of anilines is 1. The Kier molecular flexibility index (Phi) is 4.63. The van der Waals surface area contributed by atoms with Gasteiger partial charge < -0.3 is 10.6 Å². The summed E-state index contributed by atoms with van der Waals surface area (Å²) in [6.07, 6.45) is 1.80. The van der Waals surface area contributed by atoms with Gasteiger partial charge in [-0.15, -0.1) is 11.3 Å². The number of aromatic nitrogens is 1. The highest BCUT2D eigenvalue weighted by molar-refractivity contribution is 7.11. The standard InChI is InChI=1S/C16H21N3OS/c1-11-17-9-12(21-11)10-18-15(20)19-14-8-6-5-7-13(14)16(2,3)4/h5-9H,10H2,1-4H3,(H2,18,19,20). The summed E-state index contributed by atoms with van der Waals surface area (Å²) in [5.74, 6) is 0. The third-order valence-electron chi connectivity index (χ3n) is 3.08. The van der Waals surface area contributed by atoms with Crippen molar-refractivity contribution in [2.24, 2.45) is 0 Å². The molecule has 0 unspecified atom stereocenters. The molecule has 0 saturated carbocycles. The van der Waals surface area contributed by atoms with Crippen LogP contribution >= 0.6 is 11.3 Å². The number of thiazole rings is 1. The fourth-order valence-electron chi connectivity index (χ4n) is 2.07. The summed E-state index contributed by atoms with van der Waals surface area (Å²) in [5.41, 5.74) is 1.95. The topological polar surface area (TPSA) is 54.0 Å². The molecule has 0 spiro atoms. The first-order chi connectivity index (χ1) is 9.86. The van der Waals surface area contributed by atoms with E-state index in [1.54, 1.807) is 17.5 Å². The summed E-state index contributed by atoms with van der Waals surface area (Å²) in [5, 5.41) is 6.79. The van der Waals surface area contributed by atoms with Crippen molar-refractivity contribution >= 4 is 23.1 Å². The van der Waals surface area contributed by atoms with E-state index < -0.39 is 0 Å². The predicted molar refractivity (Wildman–Crippen MR) is 87.9 cm³/mol. The van der Waals surface area contributed by atoms with Gasteiger partial charge in [0.15, 0.2) is 0 Å². The van der Waals surface area contributed by atoms with Crippen molar-refractivity contribution in [2.45, 2.75) is 39.7 Å². The maximum Gasteiger partial charge on any atom is 0.319 e. The van der Waals surface area contributed by atoms with E-state index in [4.69, 9.17) is 0 Å². The Balaban J connectivity index is 2.00. The van der Waals surface area contributed by atoms with E-state index in [0.717, 1.165) is 21.1 Å². The fraction of sp³-hybridized carbons (Fsp3) is 0.375. The Morgan fingerprint density at radius 3 is 2.62 bits per heavy atom. The molecule has 2 rings (SSSR count). The van der Waals surface area contributed by atoms with Gasteiger partial charge in [0.1, 0.15) is 0 Å². The molecule has 1 aromatic heterocycles. The first-order valence-corrected chi connectivity index (χ1v) is 7.73. The van der Waals surface area contributed by atoms with Gasteiger partial charge in [-0.2, -0.15) is 0 Å². The largest absolute Gasteiger partial charge is 0.333 e. The highest BCUT2D eigenvalue weighted by Crippen LogP contribution is 2.29. The zero-order valence-corrected chi connectivity index (χ0v) is 13.7. The Bertz CT molecular complexity index is 628. The van der Waals surface area contributed by atoms with Crippen LogP contribution in [0.25, 0.3) is 0 Å². The van der Waals surface area contributed by atoms with E-state index in [0.29, 0.717) is 6.54 Å². The molecular weight excluding hydrogens is 282 g/mol. The number of rotatable bonds is 3. The van der Waals surface area contributed by atoms with Crippen molar-refractivity contribution in [3.05, 3.63) is 45.9 Å². The highest BCUT2D eigenvalue weighted by Gasteiger charge is 2.18. The van der Waals surface area contributed by atoms with Crippen molar-refractivity contribution in [3.8, 4) is 0 Å². The van der Waals surface area contributed by atoms with Crippen LogP contribution in [0.1, 0.15) is 36.2 Å². The SMILES string of the molecule is Cc1ncc(CNC(=O)Nc2ccccc2C(C)(C)C)s1. The summed E-state index contributed by atoms with van der Waals surface area (Å²) in [6, 6.07) is 7.69. The first kappa shape index (κ1) is 15.5. The summed E-state index contributed by atoms with van der Waals surface area (Å²) in [4.78, 5) is 17.3. The summed E-state index contributed by atoms with van der Waals surface area (Å²) >= 11 is 1.59. The minimum Gasteiger partial charge on any atom is -0.333 e. The molecule has 0 aliphatic rings. The smallest absolute Gasteiger partial charge is 0.319 e. The molecule has 4 nitrogen and oxygen atoms in total. The Hall–Kier alpha value is -1.88. The third kappa shape index (κ3) is 4.29. The van der Waals surface area contributed by atoms with Gasteiger partial charge in [0.25, 0.3) is 0 Å². The number of hydrogen-bond acceptors (Lipinski definition) is 3. The minimum atomic E-state index is -0.197. The van der Waals surface area contributed by atoms with Crippen LogP contribution in [0.15, 0.2) is 30.5 Å². The van der Waals surface area contributed by atoms with Crippen molar-refractivity contribution in [3.63, 3.8) is 0 Å². The monoisotopic (exact) mass is 303 g/mol. The fourth-order valence-corrected chi connectivity index (χ4v) is 2.80. The van der Waals surface area contributed by atoms with E-state index in [9.17, 15) is 4.79 Å². The number of benzene rings is 1. The van der Waals surface area contributed by atoms with Crippen LogP contribution in [0.3, 0.4) is 0 Å². The number of carbonyl (C=O) groups is 1. The molecule has 0 aliphatic carbocycles. The Labute approximate surface area is 129 Å². The molecule has 1 heterocycles. The molecule has 2 aromatic rings. The molecule has 2 amide bonds. The molecule has 0 bridgehead atoms. The molecule has 2 N–H and O–H groups in total. The van der Waals surface area contributed by atoms with E-state index in [2.05, 4.69) is 36.4 Å². The van der Waals surface area contributed by atoms with Gasteiger partial charge in [0.05, 0.1) is 11.6 Å². The number of para-hydroxylation sites is 1. The van der Waals surface area contributed by atoms with Gasteiger partial charge in [0.2, 0.25) is 0 Å². The molecule has 1 aromatic carbocycles. The zero-order chi connectivity index (χ0) is 15.5. The van der Waals surface area contributed by atoms with Gasteiger partial charge in [0, 0.05) is 16.8 Å². The van der Waals surface area contributed by atoms with Crippen molar-refractivity contribution in [2.75, 3.05) is 5.32 Å². The second kappa shape index (κ2) is 6.26. The normalized spacial score (nSPS) is 11.2. The maximum atomic E-state index is 12.0. The van der Waals surface area contributed by atoms with Gasteiger partial charge >= 0.3 is 6.03 Å². The lowest BCUT2D eigenvalue weighted by molar-refractivity contribution is 0.252. The van der Waals surface area contributed by atoms with Gasteiger partial charge in [-0.3, -0.25) is 0 Å². The number of aryl methyl sites for hydroxylation is 1. The molecule has 0 saturated heterocycles. The quantitative estimate of drug-likeness (QED) is 0.898. The molecular formula is C16H21N3OS. The summed E-state index contributed by atoms with van der Waals surface area (Å²) < 4.78 is 0. The number of amides is 2. The van der Waals surface area contributed by atoms with E-state index in [-0.39, 0.29) is 11.4 Å². The van der Waals surface area contributed by atoms with Crippen LogP contribution in [-0.2, 0) is 12.0 Å². The van der Waals surface area contributed by atoms with Crippen LogP contribution in [0, 0.1) is 6.92 Å². The van der Waals surface area contributed by atoms with Crippen LogP contribution in [0.2, 0.25) is 0 Å². The molecule has 112 valence electrons. The molecule has 0 fully saturated rings. The van der Waals surface area contributed by atoms with Crippen LogP contribution in [0.5, 0.6) is 0 Å². The molecule has 0 radical (unpaired) electrons. The Morgan fingerprint density at radius 2 is 2.00 bits per heavy atom. The predicted octanol–water partition coefficient (Wildman–Crippen LogP) is 4.07. The lowest BCUT2D eigenvalue weighted by Crippen LogP contribution is -2.29. The van der Waals surface area contributed by atoms with Crippen LogP contribution in [0.4, 0.5) is 10.5 Å². The second-order valence-corrected chi connectivity index (χ2v) is 7.27. The van der Waals surface area contributed by atoms with Crippen molar-refractivity contribution in [1.82, 2.24) is 10.3 Å². The lowest BCUT2D eigenvalue weighted by Gasteiger charge is -2.23. The average molecular weight is 303 g/mol. The van der Waals surface area contributed by atoms with Crippen LogP contribution in [-0.4, -0.2) is 11.0 Å². The van der Waals surface area contributed by atoms with E-state index >= 15 is 0 Å². The zero-order valence-electron chi connectivity index (χ0n) is 12.9. The number of nitrogens with zero attached hydrogens (tertiary/aromatic N) is 1.